The van der Waals surface area contributed by atoms with E-state index in [-0.39, 0.29) is 0 Å². The number of benzene rings is 10. The summed E-state index contributed by atoms with van der Waals surface area (Å²) in [7, 11) is 0. The second-order valence-electron chi connectivity index (χ2n) is 16.2. The minimum Gasteiger partial charge on any atom is -0.355 e. The van der Waals surface area contributed by atoms with E-state index in [1.807, 2.05) is 67.6 Å². The molecule has 0 fully saturated rings. The van der Waals surface area contributed by atoms with Crippen LogP contribution in [0.1, 0.15) is 5.56 Å². The second-order valence-corrected chi connectivity index (χ2v) is 17.1. The topological polar surface area (TPSA) is 25.1 Å². The molecule has 10 aromatic carbocycles. The van der Waals surface area contributed by atoms with Crippen LogP contribution in [0.4, 0.5) is 28.4 Å². The maximum Gasteiger partial charge on any atom is 0.0561 e. The zero-order valence-electron chi connectivity index (χ0n) is 36.8. The van der Waals surface area contributed by atoms with Crippen molar-refractivity contribution in [3.05, 3.63) is 270 Å². The summed E-state index contributed by atoms with van der Waals surface area (Å²) in [6, 6.07) is 88.0. The molecule has 12 rings (SSSR count). The molecule has 2 aromatic heterocycles. The molecule has 0 aliphatic heterocycles. The van der Waals surface area contributed by atoms with Gasteiger partial charge in [0.1, 0.15) is 0 Å². The number of fused-ring (bicyclic) bond motifs is 6. The number of nitrogens with zero attached hydrogens (tertiary/aromatic N) is 3. The first-order valence-electron chi connectivity index (χ1n) is 22.3. The van der Waals surface area contributed by atoms with E-state index in [2.05, 4.69) is 213 Å². The number of hydrogen-bond acceptors (Lipinski definition) is 2. The molecule has 67 heavy (non-hydrogen) atoms. The van der Waals surface area contributed by atoms with Gasteiger partial charge < -0.3 is 19.4 Å². The summed E-state index contributed by atoms with van der Waals surface area (Å²) in [6.45, 7) is 2.04. The molecule has 12 aromatic rings. The van der Waals surface area contributed by atoms with Crippen molar-refractivity contribution in [3.8, 4) is 11.4 Å². The molecule has 0 unspecified atom stereocenters. The normalized spacial score (nSPS) is 10.9. The molecule has 4 nitrogen and oxygen atoms in total. The van der Waals surface area contributed by atoms with Crippen LogP contribution in [0.3, 0.4) is 0 Å². The Morgan fingerprint density at radius 2 is 0.731 bits per heavy atom. The van der Waals surface area contributed by atoms with Gasteiger partial charge in [-0.2, -0.15) is 0 Å². The molecular weight excluding hydrogens is 860 g/mol. The summed E-state index contributed by atoms with van der Waals surface area (Å²) in [4.78, 5) is 2.27. The minimum atomic E-state index is 0.728. The van der Waals surface area contributed by atoms with Gasteiger partial charge in [0.25, 0.3) is 0 Å². The van der Waals surface area contributed by atoms with Gasteiger partial charge in [-0.1, -0.05) is 162 Å². The van der Waals surface area contributed by atoms with Crippen LogP contribution in [0.15, 0.2) is 255 Å². The summed E-state index contributed by atoms with van der Waals surface area (Å²) in [5.41, 5.74) is 13.8. The SMILES string of the molecule is Cc1ccc(Cl)cc1.Clc1ccc(N(c2ccccc2)c2ccc3c4ccccc4n(-c4ccccc4)c3c2)cc1.c1ccc(Nc2ccc3c4ccccc4n(-c4ccccc4)c3c2)cc1. The fourth-order valence-electron chi connectivity index (χ4n) is 8.69. The second kappa shape index (κ2) is 19.6. The predicted octanol–water partition coefficient (Wildman–Crippen LogP) is 18.1. The Labute approximate surface area is 401 Å². The molecule has 0 spiro atoms. The Kier molecular flexibility index (Phi) is 12.6. The Bertz CT molecular complexity index is 3530. The van der Waals surface area contributed by atoms with Crippen LogP contribution in [-0.2, 0) is 0 Å². The number of aryl methyl sites for hydroxylation is 1. The van der Waals surface area contributed by atoms with E-state index in [1.165, 1.54) is 54.9 Å². The van der Waals surface area contributed by atoms with Gasteiger partial charge in [0.15, 0.2) is 0 Å². The van der Waals surface area contributed by atoms with Gasteiger partial charge in [-0.05, 0) is 128 Å². The van der Waals surface area contributed by atoms with Crippen molar-refractivity contribution in [1.29, 1.82) is 0 Å². The summed E-state index contributed by atoms with van der Waals surface area (Å²) >= 11 is 11.8. The first-order valence-corrected chi connectivity index (χ1v) is 23.1. The van der Waals surface area contributed by atoms with E-state index in [0.717, 1.165) is 44.2 Å². The molecule has 0 bridgehead atoms. The monoisotopic (exact) mass is 904 g/mol. The summed E-state index contributed by atoms with van der Waals surface area (Å²) in [5.74, 6) is 0. The first kappa shape index (κ1) is 42.9. The van der Waals surface area contributed by atoms with Crippen LogP contribution in [0.5, 0.6) is 0 Å². The number of halogens is 2. The van der Waals surface area contributed by atoms with E-state index in [1.54, 1.807) is 0 Å². The standard InChI is InChI=1S/C30H21ClN2.C24H18N2.C7H7Cl/c31-22-15-17-25(18-16-22)32(23-9-3-1-4-10-23)26-19-20-28-27-13-7-8-14-29(27)33(30(28)21-26)24-11-5-2-6-12-24;1-3-9-18(10-4-1)25-19-15-16-22-21-13-7-8-14-23(21)26(24(22)17-19)20-11-5-2-6-12-20;1-6-2-4-7(8)5-3-6/h1-21H;1-17,25H;2-5H,1H3. The van der Waals surface area contributed by atoms with Crippen LogP contribution < -0.4 is 10.2 Å². The molecule has 0 aliphatic carbocycles. The van der Waals surface area contributed by atoms with Crippen LogP contribution >= 0.6 is 23.2 Å². The lowest BCUT2D eigenvalue weighted by Gasteiger charge is -2.25. The summed E-state index contributed by atoms with van der Waals surface area (Å²) < 4.78 is 4.68. The number of hydrogen-bond donors (Lipinski definition) is 1. The fourth-order valence-corrected chi connectivity index (χ4v) is 8.94. The molecule has 0 saturated heterocycles. The van der Waals surface area contributed by atoms with E-state index in [0.29, 0.717) is 0 Å². The zero-order valence-corrected chi connectivity index (χ0v) is 38.4. The van der Waals surface area contributed by atoms with Crippen LogP contribution in [0.2, 0.25) is 10.0 Å². The summed E-state index contributed by atoms with van der Waals surface area (Å²) in [5, 5.41) is 10.1. The van der Waals surface area contributed by atoms with Gasteiger partial charge in [-0.3, -0.25) is 0 Å². The molecule has 1 N–H and O–H groups in total. The lowest BCUT2D eigenvalue weighted by atomic mass is 10.1. The van der Waals surface area contributed by atoms with Crippen molar-refractivity contribution in [2.75, 3.05) is 10.2 Å². The fraction of sp³-hybridized carbons (Fsp3) is 0.0164. The molecule has 0 saturated carbocycles. The van der Waals surface area contributed by atoms with E-state index < -0.39 is 0 Å². The Hall–Kier alpha value is -8.02. The zero-order chi connectivity index (χ0) is 45.5. The van der Waals surface area contributed by atoms with E-state index in [9.17, 15) is 0 Å². The van der Waals surface area contributed by atoms with Crippen molar-refractivity contribution in [3.63, 3.8) is 0 Å². The maximum absolute atomic E-state index is 6.20. The highest BCUT2D eigenvalue weighted by Crippen LogP contribution is 2.40. The van der Waals surface area contributed by atoms with Crippen LogP contribution in [-0.4, -0.2) is 9.13 Å². The lowest BCUT2D eigenvalue weighted by molar-refractivity contribution is 1.18. The molecule has 2 heterocycles. The summed E-state index contributed by atoms with van der Waals surface area (Å²) in [6.07, 6.45) is 0. The Morgan fingerprint density at radius 3 is 1.27 bits per heavy atom. The first-order chi connectivity index (χ1) is 33.0. The van der Waals surface area contributed by atoms with Crippen molar-refractivity contribution < 1.29 is 0 Å². The van der Waals surface area contributed by atoms with Gasteiger partial charge in [0.2, 0.25) is 0 Å². The number of para-hydroxylation sites is 6. The average molecular weight is 906 g/mol. The number of anilines is 5. The third-order valence-corrected chi connectivity index (χ3v) is 12.3. The molecule has 0 radical (unpaired) electrons. The minimum absolute atomic E-state index is 0.728. The highest BCUT2D eigenvalue weighted by Gasteiger charge is 2.17. The smallest absolute Gasteiger partial charge is 0.0561 e. The van der Waals surface area contributed by atoms with Crippen LogP contribution in [0, 0.1) is 6.92 Å². The third-order valence-electron chi connectivity index (χ3n) is 11.8. The van der Waals surface area contributed by atoms with Crippen molar-refractivity contribution in [2.24, 2.45) is 0 Å². The highest BCUT2D eigenvalue weighted by atomic mass is 35.5. The third kappa shape index (κ3) is 9.27. The van der Waals surface area contributed by atoms with Crippen molar-refractivity contribution in [2.45, 2.75) is 6.92 Å². The van der Waals surface area contributed by atoms with Gasteiger partial charge in [-0.25, -0.2) is 0 Å². The van der Waals surface area contributed by atoms with Gasteiger partial charge in [0.05, 0.1) is 22.1 Å². The van der Waals surface area contributed by atoms with E-state index in [4.69, 9.17) is 23.2 Å². The Morgan fingerprint density at radius 1 is 0.328 bits per heavy atom. The van der Waals surface area contributed by atoms with Gasteiger partial charge in [0, 0.05) is 71.4 Å². The van der Waals surface area contributed by atoms with Crippen molar-refractivity contribution in [1.82, 2.24) is 9.13 Å². The quantitative estimate of drug-likeness (QED) is 0.172. The van der Waals surface area contributed by atoms with Gasteiger partial charge in [-0.15, -0.1) is 0 Å². The largest absolute Gasteiger partial charge is 0.355 e. The molecular formula is C61H46Cl2N4. The number of nitrogens with one attached hydrogen (secondary N) is 1. The molecule has 324 valence electrons. The Balaban J connectivity index is 0.000000137. The molecule has 0 atom stereocenters. The lowest BCUT2D eigenvalue weighted by Crippen LogP contribution is -2.09. The average Bonchev–Trinajstić information content (AvgIpc) is 3.89. The van der Waals surface area contributed by atoms with Crippen molar-refractivity contribution >= 4 is 95.3 Å². The molecule has 0 aliphatic rings. The molecule has 6 heteroatoms. The van der Waals surface area contributed by atoms with E-state index >= 15 is 0 Å². The maximum atomic E-state index is 6.20. The number of aromatic nitrogens is 2. The number of rotatable bonds is 7. The molecule has 0 amide bonds. The van der Waals surface area contributed by atoms with Crippen LogP contribution in [0.25, 0.3) is 55.0 Å². The highest BCUT2D eigenvalue weighted by molar-refractivity contribution is 6.31. The van der Waals surface area contributed by atoms with Gasteiger partial charge >= 0.3 is 0 Å². The predicted molar refractivity (Wildman–Crippen MR) is 287 cm³/mol.